The van der Waals surface area contributed by atoms with Crippen LogP contribution < -0.4 is 10.5 Å². The van der Waals surface area contributed by atoms with Crippen molar-refractivity contribution in [1.82, 2.24) is 14.9 Å². The normalized spacial score (nSPS) is 21.6. The average molecular weight is 528 g/mol. The molecule has 1 aromatic heterocycles. The van der Waals surface area contributed by atoms with Crippen LogP contribution in [0.4, 0.5) is 13.6 Å². The zero-order chi connectivity index (χ0) is 26.8. The standard InChI is InChI=1S/C26H27F2N5O3S/c1-5-8-35-22-12-30-21(11-31-22)20(28)10-16-6-7-19(27)18(9-16)26-15-33(24(34)36-25(2,3)4)13-17(26)14-37-23(29)32-26/h1,6-7,9-12,17H,8,13-15H2,2-4H3,(H2,29,32)/b20-10-. The summed E-state index contributed by atoms with van der Waals surface area (Å²) >= 11 is 1.36. The van der Waals surface area contributed by atoms with Crippen LogP contribution in [0.1, 0.15) is 37.6 Å². The van der Waals surface area contributed by atoms with Gasteiger partial charge < -0.3 is 20.1 Å². The molecule has 2 atom stereocenters. The summed E-state index contributed by atoms with van der Waals surface area (Å²) in [5, 5.41) is 0.302. The molecule has 4 rings (SSSR count). The van der Waals surface area contributed by atoms with Crippen molar-refractivity contribution in [2.24, 2.45) is 16.6 Å². The number of fused-ring (bicyclic) bond motifs is 1. The molecule has 3 heterocycles. The number of hydrogen-bond donors (Lipinski definition) is 1. The summed E-state index contributed by atoms with van der Waals surface area (Å²) in [6.45, 7) is 5.78. The molecule has 1 amide bonds. The van der Waals surface area contributed by atoms with E-state index in [9.17, 15) is 4.79 Å². The van der Waals surface area contributed by atoms with E-state index in [0.717, 1.165) is 0 Å². The number of halogens is 2. The van der Waals surface area contributed by atoms with Crippen LogP contribution in [0, 0.1) is 24.1 Å². The van der Waals surface area contributed by atoms with Gasteiger partial charge in [-0.05, 0) is 44.5 Å². The van der Waals surface area contributed by atoms with Crippen LogP contribution in [-0.2, 0) is 10.3 Å². The minimum absolute atomic E-state index is 0.0182. The lowest BCUT2D eigenvalue weighted by atomic mass is 9.81. The van der Waals surface area contributed by atoms with Gasteiger partial charge in [-0.25, -0.2) is 28.5 Å². The van der Waals surface area contributed by atoms with Crippen molar-refractivity contribution in [1.29, 1.82) is 0 Å². The summed E-state index contributed by atoms with van der Waals surface area (Å²) < 4.78 is 41.0. The Morgan fingerprint density at radius 2 is 2.16 bits per heavy atom. The lowest BCUT2D eigenvalue weighted by Crippen LogP contribution is -2.41. The number of carbonyl (C=O) groups excluding carboxylic acids is 1. The second-order valence-corrected chi connectivity index (χ2v) is 10.7. The molecule has 2 unspecified atom stereocenters. The number of nitrogens with two attached hydrogens (primary N) is 1. The van der Waals surface area contributed by atoms with E-state index in [-0.39, 0.29) is 36.2 Å². The number of amidine groups is 1. The quantitative estimate of drug-likeness (QED) is 0.581. The van der Waals surface area contributed by atoms with Gasteiger partial charge in [-0.1, -0.05) is 23.7 Å². The van der Waals surface area contributed by atoms with Crippen LogP contribution in [-0.4, -0.2) is 57.2 Å². The van der Waals surface area contributed by atoms with E-state index in [0.29, 0.717) is 23.0 Å². The van der Waals surface area contributed by atoms with Crippen molar-refractivity contribution < 1.29 is 23.0 Å². The number of carbonyl (C=O) groups is 1. The Labute approximate surface area is 218 Å². The van der Waals surface area contributed by atoms with Gasteiger partial charge in [-0.2, -0.15) is 0 Å². The van der Waals surface area contributed by atoms with E-state index in [2.05, 4.69) is 20.9 Å². The van der Waals surface area contributed by atoms with Gasteiger partial charge in [0.1, 0.15) is 22.7 Å². The van der Waals surface area contributed by atoms with Crippen molar-refractivity contribution in [2.45, 2.75) is 31.9 Å². The first kappa shape index (κ1) is 26.4. The highest BCUT2D eigenvalue weighted by Gasteiger charge is 2.53. The lowest BCUT2D eigenvalue weighted by Gasteiger charge is -2.35. The smallest absolute Gasteiger partial charge is 0.410 e. The van der Waals surface area contributed by atoms with Crippen LogP contribution in [0.15, 0.2) is 35.6 Å². The first-order valence-electron chi connectivity index (χ1n) is 11.5. The first-order chi connectivity index (χ1) is 17.5. The summed E-state index contributed by atoms with van der Waals surface area (Å²) in [4.78, 5) is 27.0. The molecular formula is C26H27F2N5O3S. The maximum Gasteiger partial charge on any atom is 0.410 e. The van der Waals surface area contributed by atoms with Gasteiger partial charge in [0.05, 0.1) is 18.9 Å². The minimum Gasteiger partial charge on any atom is -0.463 e. The lowest BCUT2D eigenvalue weighted by molar-refractivity contribution is 0.0282. The Hall–Kier alpha value is -3.65. The number of aliphatic imine (C=N–C) groups is 1. The number of rotatable bonds is 5. The van der Waals surface area contributed by atoms with Gasteiger partial charge in [-0.15, -0.1) is 6.42 Å². The number of hydrogen-bond acceptors (Lipinski definition) is 8. The van der Waals surface area contributed by atoms with Gasteiger partial charge in [0, 0.05) is 23.8 Å². The number of nitrogens with zero attached hydrogens (tertiary/aromatic N) is 4. The van der Waals surface area contributed by atoms with Gasteiger partial charge in [-0.3, -0.25) is 0 Å². The predicted molar refractivity (Wildman–Crippen MR) is 139 cm³/mol. The highest BCUT2D eigenvalue weighted by molar-refractivity contribution is 8.13. The predicted octanol–water partition coefficient (Wildman–Crippen LogP) is 4.22. The first-order valence-corrected chi connectivity index (χ1v) is 12.5. The fraction of sp³-hybridized carbons (Fsp3) is 0.385. The van der Waals surface area contributed by atoms with Gasteiger partial charge in [0.25, 0.3) is 0 Å². The monoisotopic (exact) mass is 527 g/mol. The number of benzene rings is 1. The molecule has 2 N–H and O–H groups in total. The summed E-state index contributed by atoms with van der Waals surface area (Å²) in [7, 11) is 0. The molecular weight excluding hydrogens is 500 g/mol. The minimum atomic E-state index is -1.12. The highest BCUT2D eigenvalue weighted by Crippen LogP contribution is 2.46. The second-order valence-electron chi connectivity index (χ2n) is 9.71. The zero-order valence-electron chi connectivity index (χ0n) is 20.7. The molecule has 8 nitrogen and oxygen atoms in total. The number of amides is 1. The Bertz CT molecular complexity index is 1290. The van der Waals surface area contributed by atoms with E-state index in [4.69, 9.17) is 21.6 Å². The molecule has 2 aromatic rings. The summed E-state index contributed by atoms with van der Waals surface area (Å²) in [6, 6.07) is 4.24. The fourth-order valence-corrected chi connectivity index (χ4v) is 5.26. The van der Waals surface area contributed by atoms with Crippen LogP contribution in [0.25, 0.3) is 11.9 Å². The van der Waals surface area contributed by atoms with Crippen molar-refractivity contribution in [3.8, 4) is 18.2 Å². The maximum absolute atomic E-state index is 15.3. The maximum atomic E-state index is 15.3. The van der Waals surface area contributed by atoms with Crippen LogP contribution >= 0.6 is 11.8 Å². The highest BCUT2D eigenvalue weighted by atomic mass is 32.2. The molecule has 0 saturated carbocycles. The van der Waals surface area contributed by atoms with Crippen LogP contribution in [0.2, 0.25) is 0 Å². The van der Waals surface area contributed by atoms with Crippen molar-refractivity contribution in [3.05, 3.63) is 53.2 Å². The van der Waals surface area contributed by atoms with E-state index in [1.165, 1.54) is 53.3 Å². The molecule has 1 fully saturated rings. The van der Waals surface area contributed by atoms with E-state index < -0.39 is 28.9 Å². The Kier molecular flexibility index (Phi) is 7.41. The van der Waals surface area contributed by atoms with Crippen molar-refractivity contribution in [3.63, 3.8) is 0 Å². The number of likely N-dealkylation sites (tertiary alicyclic amines) is 1. The van der Waals surface area contributed by atoms with Gasteiger partial charge >= 0.3 is 6.09 Å². The van der Waals surface area contributed by atoms with Crippen LogP contribution in [0.5, 0.6) is 5.88 Å². The number of aromatic nitrogens is 2. The second kappa shape index (κ2) is 10.4. The van der Waals surface area contributed by atoms with Gasteiger partial charge in [0.2, 0.25) is 5.88 Å². The third-order valence-corrected chi connectivity index (χ3v) is 6.82. The largest absolute Gasteiger partial charge is 0.463 e. The molecule has 2 aliphatic rings. The van der Waals surface area contributed by atoms with E-state index in [1.807, 2.05) is 0 Å². The zero-order valence-corrected chi connectivity index (χ0v) is 21.5. The molecule has 37 heavy (non-hydrogen) atoms. The molecule has 0 aliphatic carbocycles. The van der Waals surface area contributed by atoms with Crippen molar-refractivity contribution in [2.75, 3.05) is 25.4 Å². The van der Waals surface area contributed by atoms with Gasteiger partial charge in [0.15, 0.2) is 17.6 Å². The fourth-order valence-electron chi connectivity index (χ4n) is 4.28. The molecule has 0 spiro atoms. The van der Waals surface area contributed by atoms with Crippen LogP contribution in [0.3, 0.4) is 0 Å². The van der Waals surface area contributed by atoms with Crippen molar-refractivity contribution >= 4 is 34.9 Å². The van der Waals surface area contributed by atoms with E-state index >= 15 is 8.78 Å². The summed E-state index contributed by atoms with van der Waals surface area (Å²) in [5.74, 6) is 1.62. The molecule has 2 aliphatic heterocycles. The Balaban J connectivity index is 1.66. The molecule has 0 radical (unpaired) electrons. The molecule has 1 saturated heterocycles. The third-order valence-electron chi connectivity index (χ3n) is 5.87. The van der Waals surface area contributed by atoms with E-state index in [1.54, 1.807) is 20.8 Å². The summed E-state index contributed by atoms with van der Waals surface area (Å²) in [6.07, 6.45) is 8.35. The third kappa shape index (κ3) is 5.85. The topological polar surface area (TPSA) is 103 Å². The molecule has 194 valence electrons. The average Bonchev–Trinajstić information content (AvgIpc) is 3.23. The number of ether oxygens (including phenoxy) is 2. The SMILES string of the molecule is C#CCOc1cnc(/C(F)=C/c2ccc(F)c(C34CN(C(=O)OC(C)(C)C)CC3CSC(N)=N4)c2)cn1. The molecule has 0 bridgehead atoms. The molecule has 1 aromatic carbocycles. The number of thioether (sulfide) groups is 1. The molecule has 11 heteroatoms. The Morgan fingerprint density at radius 3 is 2.84 bits per heavy atom. The Morgan fingerprint density at radius 1 is 1.38 bits per heavy atom. The number of terminal acetylenes is 1. The summed E-state index contributed by atoms with van der Waals surface area (Å²) in [5.41, 5.74) is 4.87.